The summed E-state index contributed by atoms with van der Waals surface area (Å²) < 4.78 is 37.6. The molecule has 1 aromatic heterocycles. The van der Waals surface area contributed by atoms with E-state index in [-0.39, 0.29) is 23.2 Å². The van der Waals surface area contributed by atoms with Crippen molar-refractivity contribution in [2.45, 2.75) is 37.9 Å². The number of nitrogens with zero attached hydrogens (tertiary/aromatic N) is 1. The molecule has 0 saturated heterocycles. The van der Waals surface area contributed by atoms with Crippen LogP contribution in [-0.2, 0) is 16.0 Å². The second-order valence-corrected chi connectivity index (χ2v) is 8.74. The van der Waals surface area contributed by atoms with Crippen LogP contribution in [0.15, 0.2) is 48.7 Å². The van der Waals surface area contributed by atoms with Crippen LogP contribution in [0.2, 0.25) is 0 Å². The van der Waals surface area contributed by atoms with Gasteiger partial charge in [0.25, 0.3) is 0 Å². The average molecular weight is 531 g/mol. The summed E-state index contributed by atoms with van der Waals surface area (Å²) in [6.45, 7) is 0. The molecule has 0 spiro atoms. The smallest absolute Gasteiger partial charge is 0.478 e. The lowest BCUT2D eigenvalue weighted by molar-refractivity contribution is -0.192. The highest BCUT2D eigenvalue weighted by atomic mass is 19.4. The normalized spacial score (nSPS) is 17.7. The Balaban J connectivity index is 0.000000505. The molecule has 0 radical (unpaired) electrons. The number of H-pyrrole nitrogens is 1. The number of benzene rings is 2. The lowest BCUT2D eigenvalue weighted by Crippen LogP contribution is -2.38. The first kappa shape index (κ1) is 28.2. The maximum atomic E-state index is 12.8. The molecule has 1 heterocycles. The molecule has 2 aromatic carbocycles. The first-order valence-corrected chi connectivity index (χ1v) is 11.5. The highest BCUT2D eigenvalue weighted by Gasteiger charge is 2.38. The summed E-state index contributed by atoms with van der Waals surface area (Å²) in [6, 6.07) is 13.3. The largest absolute Gasteiger partial charge is 0.490 e. The zero-order valence-electron chi connectivity index (χ0n) is 19.9. The number of ether oxygens (including phenoxy) is 1. The third-order valence-corrected chi connectivity index (χ3v) is 6.17. The van der Waals surface area contributed by atoms with E-state index in [0.717, 1.165) is 35.7 Å². The second-order valence-electron chi connectivity index (χ2n) is 8.74. The number of aromatic nitrogens is 1. The van der Waals surface area contributed by atoms with Gasteiger partial charge in [0.15, 0.2) is 5.78 Å². The number of ketones is 1. The lowest BCUT2D eigenvalue weighted by atomic mass is 9.87. The number of nitriles is 1. The number of aliphatic carboxylic acids is 1. The fourth-order valence-corrected chi connectivity index (χ4v) is 4.26. The first-order valence-electron chi connectivity index (χ1n) is 11.5. The van der Waals surface area contributed by atoms with E-state index in [9.17, 15) is 28.0 Å². The molecule has 0 bridgehead atoms. The number of carbonyl (C=O) groups excluding carboxylic acids is 1. The van der Waals surface area contributed by atoms with E-state index < -0.39 is 24.2 Å². The van der Waals surface area contributed by atoms with E-state index in [1.54, 1.807) is 12.1 Å². The quantitative estimate of drug-likeness (QED) is 0.341. The number of Topliss-reactive ketones (excluding diaryl/α,β-unsaturated/α-hetero) is 1. The maximum Gasteiger partial charge on any atom is 0.490 e. The minimum absolute atomic E-state index is 0.0377. The number of hydrogen-bond donors (Lipinski definition) is 4. The van der Waals surface area contributed by atoms with Gasteiger partial charge in [-0.05, 0) is 67.3 Å². The molecule has 38 heavy (non-hydrogen) atoms. The van der Waals surface area contributed by atoms with E-state index in [4.69, 9.17) is 25.5 Å². The summed E-state index contributed by atoms with van der Waals surface area (Å²) in [6.07, 6.45) is -0.468. The number of carboxylic acids is 2. The third-order valence-electron chi connectivity index (χ3n) is 6.17. The van der Waals surface area contributed by atoms with Crippen molar-refractivity contribution in [2.24, 2.45) is 17.6 Å². The predicted octanol–water partition coefficient (Wildman–Crippen LogP) is 4.67. The van der Waals surface area contributed by atoms with Gasteiger partial charge < -0.3 is 25.7 Å². The number of hydrogen-bond acceptors (Lipinski definition) is 6. The molecule has 9 nitrogen and oxygen atoms in total. The Morgan fingerprint density at radius 1 is 1.11 bits per heavy atom. The Kier molecular flexibility index (Phi) is 8.75. The van der Waals surface area contributed by atoms with E-state index in [2.05, 4.69) is 11.1 Å². The van der Waals surface area contributed by atoms with Crippen molar-refractivity contribution in [3.05, 3.63) is 59.8 Å². The number of halogens is 3. The van der Waals surface area contributed by atoms with E-state index >= 15 is 0 Å². The molecule has 0 amide bonds. The number of fused-ring (bicyclic) bond motifs is 1. The number of nitrogens with two attached hydrogens (primary N) is 1. The van der Waals surface area contributed by atoms with Crippen LogP contribution in [0.4, 0.5) is 13.2 Å². The van der Waals surface area contributed by atoms with Gasteiger partial charge in [-0.2, -0.15) is 18.4 Å². The summed E-state index contributed by atoms with van der Waals surface area (Å²) >= 11 is 0. The number of carbonyl (C=O) groups is 3. The molecule has 1 unspecified atom stereocenters. The Labute approximate surface area is 214 Å². The fraction of sp³-hybridized carbons (Fsp3) is 0.308. The number of aromatic carboxylic acids is 1. The summed E-state index contributed by atoms with van der Waals surface area (Å²) in [7, 11) is 0. The van der Waals surface area contributed by atoms with Gasteiger partial charge >= 0.3 is 18.1 Å². The standard InChI is InChI=1S/C24H23N3O4.C2HF3O2/c25-12-15-2-1-3-19(15)23(28)21(26)10-16-13-27-22-9-8-18(11-20(16)22)31-17-6-4-14(5-7-17)24(29)30;3-2(4,5)1(6)7/h4-9,11,13,15,19,21,27H,1-3,10,26H2,(H,29,30);(H,6,7)/t15-,19?,21+;/m1./s1. The molecule has 0 aliphatic heterocycles. The van der Waals surface area contributed by atoms with Gasteiger partial charge in [0.1, 0.15) is 11.5 Å². The van der Waals surface area contributed by atoms with Crippen molar-refractivity contribution in [3.63, 3.8) is 0 Å². The molecule has 3 atom stereocenters. The molecule has 5 N–H and O–H groups in total. The van der Waals surface area contributed by atoms with E-state index in [1.165, 1.54) is 12.1 Å². The van der Waals surface area contributed by atoms with Crippen LogP contribution in [0.3, 0.4) is 0 Å². The minimum atomic E-state index is -5.08. The van der Waals surface area contributed by atoms with Crippen molar-refractivity contribution in [3.8, 4) is 17.6 Å². The Bertz CT molecular complexity index is 1360. The summed E-state index contributed by atoms with van der Waals surface area (Å²) in [4.78, 5) is 35.9. The summed E-state index contributed by atoms with van der Waals surface area (Å²) in [5.74, 6) is -3.16. The summed E-state index contributed by atoms with van der Waals surface area (Å²) in [5, 5.41) is 26.3. The Morgan fingerprint density at radius 2 is 1.74 bits per heavy atom. The molecule has 200 valence electrons. The van der Waals surface area contributed by atoms with Gasteiger partial charge in [0, 0.05) is 23.0 Å². The molecule has 12 heteroatoms. The van der Waals surface area contributed by atoms with Crippen LogP contribution in [-0.4, -0.2) is 45.1 Å². The zero-order valence-corrected chi connectivity index (χ0v) is 19.9. The molecule has 1 aliphatic carbocycles. The van der Waals surface area contributed by atoms with Gasteiger partial charge in [-0.1, -0.05) is 6.42 Å². The van der Waals surface area contributed by atoms with Crippen molar-refractivity contribution < 1.29 is 42.5 Å². The zero-order chi connectivity index (χ0) is 28.0. The van der Waals surface area contributed by atoms with Gasteiger partial charge in [-0.25, -0.2) is 9.59 Å². The van der Waals surface area contributed by atoms with Crippen molar-refractivity contribution in [2.75, 3.05) is 0 Å². The van der Waals surface area contributed by atoms with Crippen LogP contribution in [0.1, 0.15) is 35.2 Å². The van der Waals surface area contributed by atoms with Gasteiger partial charge in [-0.3, -0.25) is 4.79 Å². The highest BCUT2D eigenvalue weighted by molar-refractivity contribution is 5.90. The molecule has 1 fully saturated rings. The SMILES string of the molecule is N#C[C@H]1CCCC1C(=O)[C@@H](N)Cc1c[nH]c2ccc(Oc3ccc(C(=O)O)cc3)cc12.O=C(O)C(F)(F)F. The molecular formula is C26H24F3N3O6. The van der Waals surface area contributed by atoms with Gasteiger partial charge in [-0.15, -0.1) is 0 Å². The van der Waals surface area contributed by atoms with Crippen LogP contribution >= 0.6 is 0 Å². The minimum Gasteiger partial charge on any atom is -0.478 e. The highest BCUT2D eigenvalue weighted by Crippen LogP contribution is 2.33. The monoisotopic (exact) mass is 531 g/mol. The van der Waals surface area contributed by atoms with E-state index in [1.807, 2.05) is 24.4 Å². The molecule has 3 aromatic rings. The molecular weight excluding hydrogens is 507 g/mol. The maximum absolute atomic E-state index is 12.8. The number of alkyl halides is 3. The average Bonchev–Trinajstić information content (AvgIpc) is 3.50. The van der Waals surface area contributed by atoms with E-state index in [0.29, 0.717) is 17.9 Å². The Morgan fingerprint density at radius 3 is 2.32 bits per heavy atom. The number of carboxylic acid groups (broad SMARTS) is 2. The fourth-order valence-electron chi connectivity index (χ4n) is 4.26. The predicted molar refractivity (Wildman–Crippen MR) is 129 cm³/mol. The number of aromatic amines is 1. The number of rotatable bonds is 7. The molecule has 4 rings (SSSR count). The third kappa shape index (κ3) is 6.89. The second kappa shape index (κ2) is 11.8. The topological polar surface area (TPSA) is 166 Å². The van der Waals surface area contributed by atoms with Crippen molar-refractivity contribution in [1.82, 2.24) is 4.98 Å². The van der Waals surface area contributed by atoms with Crippen LogP contribution in [0.5, 0.6) is 11.5 Å². The Hall–Kier alpha value is -4.37. The molecule has 1 aliphatic rings. The van der Waals surface area contributed by atoms with Gasteiger partial charge in [0.2, 0.25) is 0 Å². The first-order chi connectivity index (χ1) is 17.9. The van der Waals surface area contributed by atoms with Gasteiger partial charge in [0.05, 0.1) is 23.6 Å². The molecule has 1 saturated carbocycles. The van der Waals surface area contributed by atoms with Crippen LogP contribution < -0.4 is 10.5 Å². The summed E-state index contributed by atoms with van der Waals surface area (Å²) in [5.41, 5.74) is 8.25. The van der Waals surface area contributed by atoms with Crippen LogP contribution in [0.25, 0.3) is 10.9 Å². The van der Waals surface area contributed by atoms with Crippen molar-refractivity contribution >= 4 is 28.6 Å². The van der Waals surface area contributed by atoms with Crippen molar-refractivity contribution in [1.29, 1.82) is 5.26 Å². The lowest BCUT2D eigenvalue weighted by Gasteiger charge is -2.17. The number of nitrogens with one attached hydrogen (secondary N) is 1. The van der Waals surface area contributed by atoms with Crippen LogP contribution in [0, 0.1) is 23.2 Å².